The third-order valence-corrected chi connectivity index (χ3v) is 4.08. The van der Waals surface area contributed by atoms with Crippen LogP contribution in [0.5, 0.6) is 0 Å². The van der Waals surface area contributed by atoms with E-state index in [0.29, 0.717) is 6.61 Å². The molecule has 3 unspecified atom stereocenters. The third kappa shape index (κ3) is 14.9. The zero-order valence-corrected chi connectivity index (χ0v) is 20.6. The lowest BCUT2D eigenvalue weighted by Crippen LogP contribution is -2.23. The minimum atomic E-state index is -4.76. The van der Waals surface area contributed by atoms with E-state index in [4.69, 9.17) is 5.26 Å². The number of phosphoric acid groups is 1. The van der Waals surface area contributed by atoms with Crippen molar-refractivity contribution in [2.24, 2.45) is 0 Å². The van der Waals surface area contributed by atoms with Gasteiger partial charge in [-0.2, -0.15) is 5.26 Å². The van der Waals surface area contributed by atoms with Crippen LogP contribution in [0.15, 0.2) is 50.3 Å². The Labute approximate surface area is 202 Å². The average Bonchev–Trinajstić information content (AvgIpc) is 2.87. The highest BCUT2D eigenvalue weighted by molar-refractivity contribution is 7.48. The molecule has 0 aliphatic carbocycles. The maximum atomic E-state index is 12.4. The number of ketones is 3. The van der Waals surface area contributed by atoms with E-state index in [1.54, 1.807) is 6.92 Å². The fraction of sp³-hybridized carbons (Fsp3) is 0.400. The van der Waals surface area contributed by atoms with Gasteiger partial charge in [0.15, 0.2) is 41.4 Å². The van der Waals surface area contributed by atoms with Crippen LogP contribution < -0.4 is 0 Å². The summed E-state index contributed by atoms with van der Waals surface area (Å²) in [7, 11) is -4.76. The van der Waals surface area contributed by atoms with Gasteiger partial charge in [-0.1, -0.05) is 19.7 Å². The molecule has 0 spiro atoms. The maximum absolute atomic E-state index is 12.4. The Kier molecular flexibility index (Phi) is 18.2. The van der Waals surface area contributed by atoms with Crippen molar-refractivity contribution in [1.29, 1.82) is 0 Å². The lowest BCUT2D eigenvalue weighted by Gasteiger charge is -2.18. The van der Waals surface area contributed by atoms with E-state index in [9.17, 15) is 23.7 Å². The smallest absolute Gasteiger partial charge is 0.487 e. The second kappa shape index (κ2) is 18.5. The summed E-state index contributed by atoms with van der Waals surface area (Å²) in [5, 5.41) is 7.74. The topological polar surface area (TPSA) is 179 Å². The molecule has 15 heteroatoms. The summed E-state index contributed by atoms with van der Waals surface area (Å²) in [4.78, 5) is 61.3. The Morgan fingerprint density at radius 3 is 1.34 bits per heavy atom. The summed E-state index contributed by atoms with van der Waals surface area (Å²) < 4.78 is 30.4. The Balaban J connectivity index is 0. The largest absolute Gasteiger partial charge is 0.556 e. The molecule has 0 aliphatic heterocycles. The lowest BCUT2D eigenvalue weighted by atomic mass is 10.3. The molecule has 0 aromatic carbocycles. The molecule has 0 fully saturated rings. The van der Waals surface area contributed by atoms with Gasteiger partial charge in [-0.15, -0.1) is 14.0 Å². The van der Waals surface area contributed by atoms with E-state index in [2.05, 4.69) is 64.6 Å². The fourth-order valence-electron chi connectivity index (χ4n) is 1.31. The summed E-state index contributed by atoms with van der Waals surface area (Å²) in [5.74, 6) is -2.94. The molecule has 0 radical (unpaired) electrons. The Morgan fingerprint density at radius 2 is 1.11 bits per heavy atom. The van der Waals surface area contributed by atoms with Gasteiger partial charge in [0, 0.05) is 0 Å². The van der Waals surface area contributed by atoms with Gasteiger partial charge in [0.1, 0.15) is 0 Å². The summed E-state index contributed by atoms with van der Waals surface area (Å²) in [5.41, 5.74) is 0. The number of hydrogen-bond acceptors (Lipinski definition) is 14. The van der Waals surface area contributed by atoms with Gasteiger partial charge in [0.25, 0.3) is 0 Å². The summed E-state index contributed by atoms with van der Waals surface area (Å²) in [6.07, 6.45) is -0.803. The minimum Gasteiger partial charge on any atom is -0.487 e. The first-order chi connectivity index (χ1) is 16.3. The first kappa shape index (κ1) is 34.4. The molecule has 0 bridgehead atoms. The van der Waals surface area contributed by atoms with Crippen LogP contribution in [0.4, 0.5) is 0 Å². The number of carbonyl (C=O) groups excluding carboxylic acids is 4. The van der Waals surface area contributed by atoms with E-state index < -0.39 is 49.5 Å². The zero-order chi connectivity index (χ0) is 27.6. The number of hydrogen-bond donors (Lipinski definition) is 1. The molecule has 14 nitrogen and oxygen atoms in total. The molecule has 0 amide bonds. The lowest BCUT2D eigenvalue weighted by molar-refractivity contribution is -0.340. The molecular weight excluding hydrogens is 495 g/mol. The van der Waals surface area contributed by atoms with Gasteiger partial charge in [-0.25, -0.2) is 24.0 Å². The van der Waals surface area contributed by atoms with Crippen molar-refractivity contribution in [2.45, 2.75) is 46.0 Å². The normalized spacial score (nSPS) is 14.4. The molecule has 198 valence electrons. The fourth-order valence-corrected chi connectivity index (χ4v) is 2.09. The zero-order valence-electron chi connectivity index (χ0n) is 19.7. The van der Waals surface area contributed by atoms with Crippen molar-refractivity contribution in [3.05, 3.63) is 50.3 Å². The second-order valence-electron chi connectivity index (χ2n) is 5.94. The predicted octanol–water partition coefficient (Wildman–Crippen LogP) is 2.92. The van der Waals surface area contributed by atoms with Gasteiger partial charge < -0.3 is 4.74 Å². The highest BCUT2D eigenvalue weighted by Crippen LogP contribution is 2.51. The van der Waals surface area contributed by atoms with Crippen LogP contribution in [0, 0.1) is 0 Å². The number of rotatable bonds is 18. The Hall–Kier alpha value is -2.81. The quantitative estimate of drug-likeness (QED) is 0.0909. The van der Waals surface area contributed by atoms with Crippen molar-refractivity contribution < 1.29 is 67.3 Å². The van der Waals surface area contributed by atoms with Crippen LogP contribution in [0.3, 0.4) is 0 Å². The molecular formula is C20H29O14P. The van der Waals surface area contributed by atoms with Gasteiger partial charge in [-0.05, 0) is 52.5 Å². The number of carbonyl (C=O) groups is 4. The third-order valence-electron chi connectivity index (χ3n) is 3.27. The van der Waals surface area contributed by atoms with Crippen LogP contribution in [0.1, 0.15) is 27.7 Å². The Morgan fingerprint density at radius 1 is 0.800 bits per heavy atom. The van der Waals surface area contributed by atoms with Crippen molar-refractivity contribution in [3.63, 3.8) is 0 Å². The molecule has 35 heavy (non-hydrogen) atoms. The van der Waals surface area contributed by atoms with Crippen LogP contribution in [-0.4, -0.2) is 53.5 Å². The summed E-state index contributed by atoms with van der Waals surface area (Å²) in [6.45, 7) is 18.7. The highest BCUT2D eigenvalue weighted by atomic mass is 31.2. The molecule has 0 aromatic heterocycles. The average molecular weight is 524 g/mol. The molecule has 0 saturated heterocycles. The van der Waals surface area contributed by atoms with Crippen LogP contribution in [-0.2, 0) is 62.1 Å². The van der Waals surface area contributed by atoms with Gasteiger partial charge in [0.05, 0.1) is 6.61 Å². The standard InChI is InChI=1S/C15H21O10P.C5H8O4/c1-7-13(16)10(4)20-23-26(19,24-21-11(5)14(17)8-2)25-22-12(6)15(18)9-3;1-3-8-4(2)5(6)9-7/h7-12H,1-3H2,4-6H3;7H,2-3H2,1H3. The molecule has 0 aliphatic rings. The molecule has 0 aromatic rings. The van der Waals surface area contributed by atoms with Gasteiger partial charge in [0.2, 0.25) is 0 Å². The van der Waals surface area contributed by atoms with E-state index >= 15 is 0 Å². The highest BCUT2D eigenvalue weighted by Gasteiger charge is 2.36. The van der Waals surface area contributed by atoms with Crippen molar-refractivity contribution >= 4 is 31.1 Å². The van der Waals surface area contributed by atoms with E-state index in [1.165, 1.54) is 20.8 Å². The van der Waals surface area contributed by atoms with Crippen LogP contribution in [0.25, 0.3) is 0 Å². The van der Waals surface area contributed by atoms with Crippen molar-refractivity contribution in [2.75, 3.05) is 6.61 Å². The van der Waals surface area contributed by atoms with Gasteiger partial charge in [-0.3, -0.25) is 19.3 Å². The van der Waals surface area contributed by atoms with Crippen molar-refractivity contribution in [1.82, 2.24) is 0 Å². The monoisotopic (exact) mass is 524 g/mol. The maximum Gasteiger partial charge on any atom is 0.556 e. The Bertz CT molecular complexity index is 740. The molecule has 0 rings (SSSR count). The van der Waals surface area contributed by atoms with Crippen LogP contribution >= 0.6 is 7.82 Å². The first-order valence-corrected chi connectivity index (χ1v) is 11.1. The summed E-state index contributed by atoms with van der Waals surface area (Å²) >= 11 is 0. The van der Waals surface area contributed by atoms with E-state index in [0.717, 1.165) is 18.2 Å². The number of ether oxygens (including phenoxy) is 1. The molecule has 0 saturated carbocycles. The second-order valence-corrected chi connectivity index (χ2v) is 7.28. The predicted molar refractivity (Wildman–Crippen MR) is 118 cm³/mol. The van der Waals surface area contributed by atoms with E-state index in [-0.39, 0.29) is 5.76 Å². The molecule has 3 atom stereocenters. The first-order valence-electron chi connectivity index (χ1n) is 9.63. The van der Waals surface area contributed by atoms with Gasteiger partial charge >= 0.3 is 13.8 Å². The SMILES string of the molecule is C=C(OCC)C(=O)OO.C=CC(=O)C(C)OOP(=O)(OOC(C)C(=O)C=C)OOC(C)C(=O)C=C. The van der Waals surface area contributed by atoms with E-state index in [1.807, 2.05) is 0 Å². The molecule has 1 N–H and O–H groups in total. The molecule has 0 heterocycles. The van der Waals surface area contributed by atoms with Crippen LogP contribution in [0.2, 0.25) is 0 Å². The summed E-state index contributed by atoms with van der Waals surface area (Å²) in [6, 6.07) is 0. The van der Waals surface area contributed by atoms with Crippen molar-refractivity contribution in [3.8, 4) is 0 Å². The minimum absolute atomic E-state index is 0.194.